The molecule has 1 amide bonds. The average molecular weight is 597 g/mol. The van der Waals surface area contributed by atoms with E-state index in [1.165, 1.54) is 0 Å². The van der Waals surface area contributed by atoms with Crippen LogP contribution in [0.2, 0.25) is 20.1 Å². The third-order valence-corrected chi connectivity index (χ3v) is 7.28. The molecule has 3 aromatic carbocycles. The van der Waals surface area contributed by atoms with Gasteiger partial charge in [0.25, 0.3) is 0 Å². The molecule has 1 aliphatic heterocycles. The van der Waals surface area contributed by atoms with Crippen LogP contribution in [0.15, 0.2) is 77.9 Å². The first kappa shape index (κ1) is 29.2. The number of nitrogens with two attached hydrogens (primary N) is 1. The molecule has 4 rings (SSSR count). The number of nitrogens with zero attached hydrogens (tertiary/aromatic N) is 1. The Morgan fingerprint density at radius 2 is 1.30 bits per heavy atom. The molecule has 9 heteroatoms. The zero-order chi connectivity index (χ0) is 25.8. The van der Waals surface area contributed by atoms with Crippen molar-refractivity contribution in [1.29, 1.82) is 0 Å². The van der Waals surface area contributed by atoms with Gasteiger partial charge in [0.1, 0.15) is 0 Å². The topological polar surface area (TPSA) is 63.4 Å². The van der Waals surface area contributed by atoms with Crippen molar-refractivity contribution in [2.24, 2.45) is 5.73 Å². The standard InChI is InChI=1S/C28H22Cl4N2O2.ClH/c29-22-8-6-18(12-24(22)31)10-20-15-34(28(36)26(33)14-17-4-2-1-3-5-17)16-21(27(20)35)11-19-7-9-23(30)25(32)13-19;/h1-13,26H,14-16,33H2;1H/b20-10-,21-11+;. The molecule has 1 atom stereocenters. The van der Waals surface area contributed by atoms with E-state index in [9.17, 15) is 9.59 Å². The van der Waals surface area contributed by atoms with E-state index in [2.05, 4.69) is 0 Å². The van der Waals surface area contributed by atoms with Gasteiger partial charge in [0, 0.05) is 24.2 Å². The molecule has 2 N–H and O–H groups in total. The molecule has 0 aromatic heterocycles. The summed E-state index contributed by atoms with van der Waals surface area (Å²) in [7, 11) is 0. The first-order valence-electron chi connectivity index (χ1n) is 11.2. The van der Waals surface area contributed by atoms with E-state index in [1.807, 2.05) is 30.3 Å². The molecule has 0 aliphatic carbocycles. The van der Waals surface area contributed by atoms with Crippen molar-refractivity contribution < 1.29 is 9.59 Å². The molecule has 0 radical (unpaired) electrons. The normalized spacial score (nSPS) is 16.6. The molecule has 4 nitrogen and oxygen atoms in total. The Bertz CT molecular complexity index is 1300. The monoisotopic (exact) mass is 594 g/mol. The van der Waals surface area contributed by atoms with Gasteiger partial charge in [-0.15, -0.1) is 12.4 Å². The third kappa shape index (κ3) is 7.38. The number of rotatable bonds is 5. The van der Waals surface area contributed by atoms with Crippen molar-refractivity contribution in [3.63, 3.8) is 0 Å². The van der Waals surface area contributed by atoms with Crippen molar-refractivity contribution in [2.45, 2.75) is 12.5 Å². The number of hydrogen-bond donors (Lipinski definition) is 1. The van der Waals surface area contributed by atoms with Crippen LogP contribution in [0, 0.1) is 0 Å². The van der Waals surface area contributed by atoms with Crippen LogP contribution in [0.4, 0.5) is 0 Å². The first-order valence-corrected chi connectivity index (χ1v) is 12.7. The van der Waals surface area contributed by atoms with E-state index in [-0.39, 0.29) is 37.2 Å². The molecular weight excluding hydrogens is 574 g/mol. The predicted molar refractivity (Wildman–Crippen MR) is 156 cm³/mol. The minimum atomic E-state index is -0.752. The van der Waals surface area contributed by atoms with E-state index >= 15 is 0 Å². The van der Waals surface area contributed by atoms with Crippen molar-refractivity contribution in [2.75, 3.05) is 13.1 Å². The molecule has 1 heterocycles. The lowest BCUT2D eigenvalue weighted by atomic mass is 9.93. The fraction of sp³-hybridized carbons (Fsp3) is 0.143. The number of benzene rings is 3. The minimum Gasteiger partial charge on any atom is -0.332 e. The van der Waals surface area contributed by atoms with E-state index in [1.54, 1.807) is 53.5 Å². The number of piperidine rings is 1. The van der Waals surface area contributed by atoms with Gasteiger partial charge in [-0.05, 0) is 59.5 Å². The van der Waals surface area contributed by atoms with Gasteiger partial charge in [0.05, 0.1) is 26.1 Å². The van der Waals surface area contributed by atoms with Crippen LogP contribution in [0.25, 0.3) is 12.2 Å². The van der Waals surface area contributed by atoms with Gasteiger partial charge in [-0.3, -0.25) is 9.59 Å². The highest BCUT2D eigenvalue weighted by Crippen LogP contribution is 2.28. The summed E-state index contributed by atoms with van der Waals surface area (Å²) >= 11 is 24.4. The van der Waals surface area contributed by atoms with Crippen LogP contribution >= 0.6 is 58.8 Å². The van der Waals surface area contributed by atoms with E-state index in [0.29, 0.717) is 48.8 Å². The highest BCUT2D eigenvalue weighted by molar-refractivity contribution is 6.42. The number of Topliss-reactive ketones (excluding diaryl/α,β-unsaturated/α-hetero) is 1. The highest BCUT2D eigenvalue weighted by atomic mass is 35.5. The lowest BCUT2D eigenvalue weighted by molar-refractivity contribution is -0.132. The first-order chi connectivity index (χ1) is 17.2. The third-order valence-electron chi connectivity index (χ3n) is 5.80. The van der Waals surface area contributed by atoms with Gasteiger partial charge in [-0.25, -0.2) is 0 Å². The lowest BCUT2D eigenvalue weighted by Gasteiger charge is -2.32. The van der Waals surface area contributed by atoms with Crippen LogP contribution in [0.3, 0.4) is 0 Å². The summed E-state index contributed by atoms with van der Waals surface area (Å²) in [5.74, 6) is -0.417. The van der Waals surface area contributed by atoms with Crippen LogP contribution in [-0.4, -0.2) is 35.7 Å². The Balaban J connectivity index is 0.00000380. The largest absolute Gasteiger partial charge is 0.332 e. The molecule has 37 heavy (non-hydrogen) atoms. The number of halogens is 5. The second-order valence-electron chi connectivity index (χ2n) is 8.51. The van der Waals surface area contributed by atoms with Crippen LogP contribution in [0.5, 0.6) is 0 Å². The SMILES string of the molecule is Cl.NC(Cc1ccccc1)C(=O)N1C/C(=C/c2ccc(Cl)c(Cl)c2)C(=O)/C(=C/c2ccc(Cl)c(Cl)c2)C1. The highest BCUT2D eigenvalue weighted by Gasteiger charge is 2.31. The lowest BCUT2D eigenvalue weighted by Crippen LogP contribution is -2.49. The second-order valence-corrected chi connectivity index (χ2v) is 10.1. The molecule has 1 aliphatic rings. The molecule has 0 saturated carbocycles. The van der Waals surface area contributed by atoms with Crippen molar-refractivity contribution in [3.05, 3.63) is 115 Å². The summed E-state index contributed by atoms with van der Waals surface area (Å²) in [5.41, 5.74) is 9.54. The smallest absolute Gasteiger partial charge is 0.240 e. The number of carbonyl (C=O) groups is 2. The van der Waals surface area contributed by atoms with E-state index in [0.717, 1.165) is 5.56 Å². The predicted octanol–water partition coefficient (Wildman–Crippen LogP) is 7.17. The molecule has 3 aromatic rings. The Kier molecular flexibility index (Phi) is 10.3. The van der Waals surface area contributed by atoms with Crippen LogP contribution in [-0.2, 0) is 16.0 Å². The molecule has 1 saturated heterocycles. The van der Waals surface area contributed by atoms with Crippen LogP contribution in [0.1, 0.15) is 16.7 Å². The number of amides is 1. The minimum absolute atomic E-state index is 0. The Hall–Kier alpha value is -2.31. The quantitative estimate of drug-likeness (QED) is 0.318. The number of carbonyl (C=O) groups excluding carboxylic acids is 2. The zero-order valence-electron chi connectivity index (χ0n) is 19.5. The van der Waals surface area contributed by atoms with Crippen molar-refractivity contribution >= 4 is 82.7 Å². The Morgan fingerprint density at radius 3 is 1.76 bits per heavy atom. The average Bonchev–Trinajstić information content (AvgIpc) is 2.86. The Morgan fingerprint density at radius 1 is 0.811 bits per heavy atom. The van der Waals surface area contributed by atoms with Crippen LogP contribution < -0.4 is 5.73 Å². The second kappa shape index (κ2) is 13.0. The number of ketones is 1. The van der Waals surface area contributed by atoms with E-state index in [4.69, 9.17) is 52.1 Å². The summed E-state index contributed by atoms with van der Waals surface area (Å²) in [5, 5.41) is 1.58. The van der Waals surface area contributed by atoms with Gasteiger partial charge in [0.2, 0.25) is 5.91 Å². The molecule has 1 fully saturated rings. The molecule has 192 valence electrons. The molecular formula is C28H23Cl5N2O2. The number of hydrogen-bond acceptors (Lipinski definition) is 3. The van der Waals surface area contributed by atoms with Gasteiger partial charge in [-0.1, -0.05) is 88.9 Å². The fourth-order valence-corrected chi connectivity index (χ4v) is 4.60. The van der Waals surface area contributed by atoms with E-state index < -0.39 is 6.04 Å². The zero-order valence-corrected chi connectivity index (χ0v) is 23.3. The maximum Gasteiger partial charge on any atom is 0.240 e. The summed E-state index contributed by atoms with van der Waals surface area (Å²) in [4.78, 5) is 28.4. The van der Waals surface area contributed by atoms with Crippen molar-refractivity contribution in [1.82, 2.24) is 4.90 Å². The van der Waals surface area contributed by atoms with Gasteiger partial charge in [0.15, 0.2) is 5.78 Å². The fourth-order valence-electron chi connectivity index (χ4n) is 3.99. The Labute approximate surface area is 242 Å². The summed E-state index contributed by atoms with van der Waals surface area (Å²) < 4.78 is 0. The summed E-state index contributed by atoms with van der Waals surface area (Å²) in [6.45, 7) is 0.248. The molecule has 1 unspecified atom stereocenters. The molecule has 0 spiro atoms. The van der Waals surface area contributed by atoms with Crippen molar-refractivity contribution in [3.8, 4) is 0 Å². The number of likely N-dealkylation sites (tertiary alicyclic amines) is 1. The van der Waals surface area contributed by atoms with Gasteiger partial charge in [-0.2, -0.15) is 0 Å². The molecule has 0 bridgehead atoms. The maximum absolute atomic E-state index is 13.4. The summed E-state index contributed by atoms with van der Waals surface area (Å²) in [6.07, 6.45) is 3.83. The van der Waals surface area contributed by atoms with Gasteiger partial charge >= 0.3 is 0 Å². The van der Waals surface area contributed by atoms with Gasteiger partial charge < -0.3 is 10.6 Å². The summed E-state index contributed by atoms with van der Waals surface area (Å²) in [6, 6.07) is 19.0. The maximum atomic E-state index is 13.4.